The van der Waals surface area contributed by atoms with Gasteiger partial charge in [-0.3, -0.25) is 9.88 Å². The second-order valence-electron chi connectivity index (χ2n) is 5.20. The van der Waals surface area contributed by atoms with Gasteiger partial charge in [0.2, 0.25) is 0 Å². The fourth-order valence-corrected chi connectivity index (χ4v) is 2.90. The molecule has 2 atom stereocenters. The van der Waals surface area contributed by atoms with Crippen LogP contribution in [0.2, 0.25) is 0 Å². The van der Waals surface area contributed by atoms with E-state index in [-0.39, 0.29) is 12.4 Å². The van der Waals surface area contributed by atoms with Crippen LogP contribution in [0.4, 0.5) is 0 Å². The minimum Gasteiger partial charge on any atom is -0.316 e. The second kappa shape index (κ2) is 5.34. The molecule has 17 heavy (non-hydrogen) atoms. The lowest BCUT2D eigenvalue weighted by molar-refractivity contribution is 0.302. The van der Waals surface area contributed by atoms with Crippen molar-refractivity contribution in [2.45, 2.75) is 13.5 Å². The first kappa shape index (κ1) is 12.8. The maximum atomic E-state index is 4.48. The van der Waals surface area contributed by atoms with E-state index in [2.05, 4.69) is 34.3 Å². The van der Waals surface area contributed by atoms with Crippen LogP contribution in [0, 0.1) is 18.8 Å². The third-order valence-electron chi connectivity index (χ3n) is 3.82. The molecule has 0 spiro atoms. The normalized spacial score (nSPS) is 27.8. The molecule has 0 unspecified atom stereocenters. The summed E-state index contributed by atoms with van der Waals surface area (Å²) in [6.07, 6.45) is 1.97. The van der Waals surface area contributed by atoms with Gasteiger partial charge < -0.3 is 5.32 Å². The minimum absolute atomic E-state index is 0. The van der Waals surface area contributed by atoms with Gasteiger partial charge in [0.1, 0.15) is 0 Å². The molecule has 0 bridgehead atoms. The predicted octanol–water partition coefficient (Wildman–Crippen LogP) is 1.46. The van der Waals surface area contributed by atoms with E-state index < -0.39 is 0 Å². The van der Waals surface area contributed by atoms with Gasteiger partial charge in [0.05, 0.1) is 5.69 Å². The SMILES string of the molecule is Cc1ccc(CN2C[C@H]3CNC[C@H]3C2)nc1.Cl. The fourth-order valence-electron chi connectivity index (χ4n) is 2.90. The predicted molar refractivity (Wildman–Crippen MR) is 71.3 cm³/mol. The monoisotopic (exact) mass is 253 g/mol. The molecule has 0 amide bonds. The first-order valence-electron chi connectivity index (χ1n) is 6.16. The Labute approximate surface area is 109 Å². The van der Waals surface area contributed by atoms with E-state index >= 15 is 0 Å². The highest BCUT2D eigenvalue weighted by Gasteiger charge is 2.35. The van der Waals surface area contributed by atoms with Gasteiger partial charge in [-0.2, -0.15) is 0 Å². The Morgan fingerprint density at radius 3 is 2.59 bits per heavy atom. The molecule has 3 heterocycles. The molecule has 0 aromatic carbocycles. The summed E-state index contributed by atoms with van der Waals surface area (Å²) in [6, 6.07) is 4.31. The number of halogens is 1. The van der Waals surface area contributed by atoms with Crippen molar-refractivity contribution in [2.75, 3.05) is 26.2 Å². The summed E-state index contributed by atoms with van der Waals surface area (Å²) in [7, 11) is 0. The Morgan fingerprint density at radius 2 is 2.00 bits per heavy atom. The molecule has 1 aromatic rings. The largest absolute Gasteiger partial charge is 0.316 e. The molecular formula is C13H20ClN3. The third-order valence-corrected chi connectivity index (χ3v) is 3.82. The fraction of sp³-hybridized carbons (Fsp3) is 0.615. The molecule has 3 rings (SSSR count). The van der Waals surface area contributed by atoms with Gasteiger partial charge in [-0.1, -0.05) is 6.07 Å². The standard InChI is InChI=1S/C13H19N3.ClH/c1-10-2-3-13(15-4-10)9-16-7-11-5-14-6-12(11)8-16;/h2-4,11-12,14H,5-9H2,1H3;1H/t11-,12+;. The highest BCUT2D eigenvalue weighted by molar-refractivity contribution is 5.85. The zero-order valence-electron chi connectivity index (χ0n) is 10.2. The maximum Gasteiger partial charge on any atom is 0.0544 e. The lowest BCUT2D eigenvalue weighted by atomic mass is 10.0. The highest BCUT2D eigenvalue weighted by Crippen LogP contribution is 2.26. The number of likely N-dealkylation sites (tertiary alicyclic amines) is 1. The second-order valence-corrected chi connectivity index (χ2v) is 5.20. The molecule has 2 aliphatic rings. The molecule has 2 saturated heterocycles. The van der Waals surface area contributed by atoms with Crippen molar-refractivity contribution in [3.8, 4) is 0 Å². The van der Waals surface area contributed by atoms with E-state index in [0.29, 0.717) is 0 Å². The van der Waals surface area contributed by atoms with E-state index in [9.17, 15) is 0 Å². The van der Waals surface area contributed by atoms with E-state index in [1.54, 1.807) is 0 Å². The van der Waals surface area contributed by atoms with Crippen molar-refractivity contribution in [3.05, 3.63) is 29.6 Å². The molecule has 2 fully saturated rings. The van der Waals surface area contributed by atoms with Crippen LogP contribution in [0.3, 0.4) is 0 Å². The quantitative estimate of drug-likeness (QED) is 0.865. The highest BCUT2D eigenvalue weighted by atomic mass is 35.5. The molecule has 3 nitrogen and oxygen atoms in total. The van der Waals surface area contributed by atoms with Crippen molar-refractivity contribution in [1.29, 1.82) is 0 Å². The van der Waals surface area contributed by atoms with Crippen LogP contribution in [0.25, 0.3) is 0 Å². The first-order valence-corrected chi connectivity index (χ1v) is 6.16. The number of nitrogens with one attached hydrogen (secondary N) is 1. The smallest absolute Gasteiger partial charge is 0.0544 e. The van der Waals surface area contributed by atoms with Crippen molar-refractivity contribution >= 4 is 12.4 Å². The van der Waals surface area contributed by atoms with Crippen molar-refractivity contribution in [1.82, 2.24) is 15.2 Å². The minimum atomic E-state index is 0. The van der Waals surface area contributed by atoms with Crippen molar-refractivity contribution in [2.24, 2.45) is 11.8 Å². The summed E-state index contributed by atoms with van der Waals surface area (Å²) in [5.41, 5.74) is 2.45. The Morgan fingerprint density at radius 1 is 1.29 bits per heavy atom. The topological polar surface area (TPSA) is 28.2 Å². The van der Waals surface area contributed by atoms with Gasteiger partial charge in [0.25, 0.3) is 0 Å². The Bertz CT molecular complexity index is 353. The average Bonchev–Trinajstić information content (AvgIpc) is 2.81. The average molecular weight is 254 g/mol. The molecule has 1 aromatic heterocycles. The van der Waals surface area contributed by atoms with Crippen LogP contribution in [-0.4, -0.2) is 36.1 Å². The van der Waals surface area contributed by atoms with E-state index in [1.165, 1.54) is 37.4 Å². The molecule has 0 saturated carbocycles. The Hall–Kier alpha value is -0.640. The van der Waals surface area contributed by atoms with Crippen molar-refractivity contribution < 1.29 is 0 Å². The summed E-state index contributed by atoms with van der Waals surface area (Å²) >= 11 is 0. The number of fused-ring (bicyclic) bond motifs is 1. The van der Waals surface area contributed by atoms with Crippen LogP contribution >= 0.6 is 12.4 Å². The molecule has 1 N–H and O–H groups in total. The van der Waals surface area contributed by atoms with Crippen LogP contribution < -0.4 is 5.32 Å². The first-order chi connectivity index (χ1) is 7.81. The number of aryl methyl sites for hydroxylation is 1. The van der Waals surface area contributed by atoms with Gasteiger partial charge in [-0.05, 0) is 43.5 Å². The molecule has 0 radical (unpaired) electrons. The Kier molecular flexibility index (Phi) is 4.02. The van der Waals surface area contributed by atoms with E-state index in [4.69, 9.17) is 0 Å². The molecule has 2 aliphatic heterocycles. The van der Waals surface area contributed by atoms with Gasteiger partial charge in [0, 0.05) is 25.8 Å². The Balaban J connectivity index is 0.00000108. The number of nitrogens with zero attached hydrogens (tertiary/aromatic N) is 2. The third kappa shape index (κ3) is 2.79. The van der Waals surface area contributed by atoms with E-state index in [1.807, 2.05) is 6.20 Å². The zero-order valence-corrected chi connectivity index (χ0v) is 11.0. The summed E-state index contributed by atoms with van der Waals surface area (Å²) < 4.78 is 0. The zero-order chi connectivity index (χ0) is 11.0. The van der Waals surface area contributed by atoms with Gasteiger partial charge >= 0.3 is 0 Å². The van der Waals surface area contributed by atoms with Crippen molar-refractivity contribution in [3.63, 3.8) is 0 Å². The van der Waals surface area contributed by atoms with Gasteiger partial charge in [-0.25, -0.2) is 0 Å². The molecule has 0 aliphatic carbocycles. The number of pyridine rings is 1. The number of aromatic nitrogens is 1. The van der Waals surface area contributed by atoms with Gasteiger partial charge in [-0.15, -0.1) is 12.4 Å². The summed E-state index contributed by atoms with van der Waals surface area (Å²) in [5.74, 6) is 1.76. The van der Waals surface area contributed by atoms with Crippen LogP contribution in [0.5, 0.6) is 0 Å². The van der Waals surface area contributed by atoms with Crippen LogP contribution in [0.1, 0.15) is 11.3 Å². The van der Waals surface area contributed by atoms with E-state index in [0.717, 1.165) is 18.4 Å². The molecule has 94 valence electrons. The molecular weight excluding hydrogens is 234 g/mol. The van der Waals surface area contributed by atoms with Gasteiger partial charge in [0.15, 0.2) is 0 Å². The number of rotatable bonds is 2. The lowest BCUT2D eigenvalue weighted by Gasteiger charge is -2.16. The summed E-state index contributed by atoms with van der Waals surface area (Å²) in [5, 5.41) is 3.47. The molecule has 4 heteroatoms. The van der Waals surface area contributed by atoms with Crippen LogP contribution in [0.15, 0.2) is 18.3 Å². The summed E-state index contributed by atoms with van der Waals surface area (Å²) in [6.45, 7) is 8.02. The lowest BCUT2D eigenvalue weighted by Crippen LogP contribution is -2.25. The number of hydrogen-bond acceptors (Lipinski definition) is 3. The maximum absolute atomic E-state index is 4.48. The van der Waals surface area contributed by atoms with Crippen LogP contribution in [-0.2, 0) is 6.54 Å². The number of hydrogen-bond donors (Lipinski definition) is 1. The summed E-state index contributed by atoms with van der Waals surface area (Å²) in [4.78, 5) is 7.03.